The summed E-state index contributed by atoms with van der Waals surface area (Å²) in [5.74, 6) is 0. The van der Waals surface area contributed by atoms with Gasteiger partial charge in [-0.1, -0.05) is 336 Å². The van der Waals surface area contributed by atoms with Crippen LogP contribution < -0.4 is 0 Å². The molecule has 0 aromatic rings. The van der Waals surface area contributed by atoms with Crippen molar-refractivity contribution < 1.29 is 30.6 Å². The quantitative estimate of drug-likeness (QED) is 0.0338. The molecule has 6 heteroatoms. The second-order valence-electron chi connectivity index (χ2n) is 22.5. The maximum atomic E-state index is 12.3. The average molecular weight is 968 g/mol. The summed E-state index contributed by atoms with van der Waals surface area (Å²) in [6.45, 7) is 9.01. The van der Waals surface area contributed by atoms with Gasteiger partial charge in [0.15, 0.2) is 0 Å². The minimum atomic E-state index is -1.97. The molecule has 0 fully saturated rings. The van der Waals surface area contributed by atoms with Gasteiger partial charge < -0.3 is 30.6 Å². The van der Waals surface area contributed by atoms with Gasteiger partial charge in [-0.3, -0.25) is 0 Å². The van der Waals surface area contributed by atoms with Crippen LogP contribution in [-0.4, -0.2) is 66.3 Å². The molecule has 0 saturated heterocycles. The van der Waals surface area contributed by atoms with E-state index >= 15 is 0 Å². The molecule has 6 N–H and O–H groups in total. The molecule has 0 aliphatic heterocycles. The molecule has 68 heavy (non-hydrogen) atoms. The Balaban J connectivity index is 5.32. The largest absolute Gasteiger partial charge is 0.390 e. The fraction of sp³-hybridized carbons (Fsp3) is 1.00. The van der Waals surface area contributed by atoms with Gasteiger partial charge in [0, 0.05) is 0 Å². The zero-order valence-electron chi connectivity index (χ0n) is 46.8. The van der Waals surface area contributed by atoms with Crippen LogP contribution in [0, 0.1) is 0 Å². The summed E-state index contributed by atoms with van der Waals surface area (Å²) >= 11 is 0. The third-order valence-corrected chi connectivity index (χ3v) is 16.0. The zero-order chi connectivity index (χ0) is 50.1. The first kappa shape index (κ1) is 67.8. The van der Waals surface area contributed by atoms with E-state index in [0.29, 0.717) is 25.7 Å². The van der Waals surface area contributed by atoms with Gasteiger partial charge in [0.05, 0.1) is 12.2 Å². The summed E-state index contributed by atoms with van der Waals surface area (Å²) in [4.78, 5) is 0. The number of hydrogen-bond acceptors (Lipinski definition) is 6. The van der Waals surface area contributed by atoms with Crippen LogP contribution in [0.2, 0.25) is 0 Å². The molecule has 0 amide bonds. The molecule has 0 aliphatic rings. The smallest absolute Gasteiger partial charge is 0.119 e. The zero-order valence-corrected chi connectivity index (χ0v) is 46.8. The monoisotopic (exact) mass is 967 g/mol. The molecule has 0 rings (SSSR count). The summed E-state index contributed by atoms with van der Waals surface area (Å²) in [6, 6.07) is 0. The first-order chi connectivity index (χ1) is 33.1. The van der Waals surface area contributed by atoms with Crippen LogP contribution >= 0.6 is 0 Å². The van der Waals surface area contributed by atoms with Crippen molar-refractivity contribution in [2.45, 2.75) is 397 Å². The summed E-state index contributed by atoms with van der Waals surface area (Å²) < 4.78 is 0. The minimum Gasteiger partial charge on any atom is -0.390 e. The highest BCUT2D eigenvalue weighted by Crippen LogP contribution is 2.36. The van der Waals surface area contributed by atoms with Crippen LogP contribution in [0.5, 0.6) is 0 Å². The number of hydrogen-bond donors (Lipinski definition) is 6. The first-order valence-electron chi connectivity index (χ1n) is 31.3. The number of aliphatic hydroxyl groups excluding tert-OH is 4. The van der Waals surface area contributed by atoms with E-state index in [1.165, 1.54) is 218 Å². The molecular formula is C62H126O6. The average Bonchev–Trinajstić information content (AvgIpc) is 3.34. The Morgan fingerprint density at radius 2 is 0.368 bits per heavy atom. The maximum Gasteiger partial charge on any atom is 0.119 e. The lowest BCUT2D eigenvalue weighted by Gasteiger charge is -2.46. The lowest BCUT2D eigenvalue weighted by Crippen LogP contribution is -2.65. The first-order valence-corrected chi connectivity index (χ1v) is 31.3. The minimum absolute atomic E-state index is 0.156. The van der Waals surface area contributed by atoms with Gasteiger partial charge in [-0.15, -0.1) is 0 Å². The van der Waals surface area contributed by atoms with Crippen molar-refractivity contribution >= 4 is 0 Å². The molecule has 0 spiro atoms. The molecular weight excluding hydrogens is 841 g/mol. The van der Waals surface area contributed by atoms with Gasteiger partial charge in [-0.05, 0) is 25.7 Å². The Morgan fingerprint density at radius 3 is 0.544 bits per heavy atom. The van der Waals surface area contributed by atoms with Crippen LogP contribution in [0.3, 0.4) is 0 Å². The molecule has 0 aliphatic carbocycles. The molecule has 2 unspecified atom stereocenters. The van der Waals surface area contributed by atoms with Gasteiger partial charge in [0.2, 0.25) is 0 Å². The van der Waals surface area contributed by atoms with Crippen molar-refractivity contribution in [1.82, 2.24) is 0 Å². The molecule has 0 aromatic carbocycles. The summed E-state index contributed by atoms with van der Waals surface area (Å²) in [5, 5.41) is 72.2. The van der Waals surface area contributed by atoms with Crippen molar-refractivity contribution in [1.29, 1.82) is 0 Å². The summed E-state index contributed by atoms with van der Waals surface area (Å²) in [5.41, 5.74) is -3.95. The van der Waals surface area contributed by atoms with Gasteiger partial charge in [0.25, 0.3) is 0 Å². The predicted octanol–water partition coefficient (Wildman–Crippen LogP) is 18.3. The molecule has 0 aromatic heterocycles. The number of aliphatic hydroxyl groups is 6. The van der Waals surface area contributed by atoms with Crippen LogP contribution in [0.4, 0.5) is 0 Å². The van der Waals surface area contributed by atoms with E-state index in [9.17, 15) is 30.6 Å². The molecule has 410 valence electrons. The van der Waals surface area contributed by atoms with Crippen LogP contribution in [0.15, 0.2) is 0 Å². The van der Waals surface area contributed by atoms with Crippen LogP contribution in [0.25, 0.3) is 0 Å². The van der Waals surface area contributed by atoms with Crippen LogP contribution in [0.1, 0.15) is 362 Å². The molecule has 6 atom stereocenters. The molecule has 0 saturated carbocycles. The van der Waals surface area contributed by atoms with Gasteiger partial charge in [-0.2, -0.15) is 0 Å². The van der Waals surface area contributed by atoms with E-state index in [-0.39, 0.29) is 12.8 Å². The van der Waals surface area contributed by atoms with Crippen molar-refractivity contribution in [2.75, 3.05) is 0 Å². The van der Waals surface area contributed by atoms with Crippen LogP contribution in [-0.2, 0) is 0 Å². The van der Waals surface area contributed by atoms with Crippen molar-refractivity contribution in [3.05, 3.63) is 0 Å². The fourth-order valence-corrected chi connectivity index (χ4v) is 10.9. The van der Waals surface area contributed by atoms with Gasteiger partial charge in [0.1, 0.15) is 23.4 Å². The summed E-state index contributed by atoms with van der Waals surface area (Å²) in [6.07, 6.45) is 52.5. The highest BCUT2D eigenvalue weighted by molar-refractivity contribution is 5.05. The lowest BCUT2D eigenvalue weighted by molar-refractivity contribution is -0.238. The highest BCUT2D eigenvalue weighted by Gasteiger charge is 2.53. The lowest BCUT2D eigenvalue weighted by atomic mass is 9.73. The second-order valence-corrected chi connectivity index (χ2v) is 22.5. The second kappa shape index (κ2) is 50.3. The number of unbranched alkanes of at least 4 members (excludes halogenated alkanes) is 44. The Morgan fingerprint density at radius 1 is 0.221 bits per heavy atom. The maximum absolute atomic E-state index is 12.3. The Kier molecular flexibility index (Phi) is 50.1. The Labute approximate surface area is 426 Å². The van der Waals surface area contributed by atoms with Gasteiger partial charge >= 0.3 is 0 Å². The molecule has 6 nitrogen and oxygen atoms in total. The standard InChI is InChI=1S/C62H126O6/c1-5-9-13-17-21-25-27-29-31-33-35-37-39-41-45-49-53-57(63)61(67,55-51-47-43-23-19-15-11-7-3)59(65)60(66)62(68,56-52-48-44-24-20-16-12-8-4)58(64)54-50-46-42-40-38-36-34-32-30-28-26-22-18-14-10-6-2/h57-60,63-68H,5-56H2,1-4H3/t57?,58?,59-,60-,61+,62+/m0/s1. The van der Waals surface area contributed by atoms with Gasteiger partial charge in [-0.25, -0.2) is 0 Å². The fourth-order valence-electron chi connectivity index (χ4n) is 10.9. The van der Waals surface area contributed by atoms with E-state index in [2.05, 4.69) is 27.7 Å². The third kappa shape index (κ3) is 37.5. The van der Waals surface area contributed by atoms with E-state index in [1.807, 2.05) is 0 Å². The topological polar surface area (TPSA) is 121 Å². The Bertz CT molecular complexity index is 903. The molecule has 0 heterocycles. The Hall–Kier alpha value is -0.240. The van der Waals surface area contributed by atoms with E-state index in [1.54, 1.807) is 0 Å². The van der Waals surface area contributed by atoms with E-state index in [4.69, 9.17) is 0 Å². The summed E-state index contributed by atoms with van der Waals surface area (Å²) in [7, 11) is 0. The SMILES string of the molecule is CCCCCCCCCCCCCCCCCCC(O)[C@](O)(CCCCCCCCCC)[C@@H](O)[C@H](O)[C@@](O)(CCCCCCCCCC)C(O)CCCCCCCCCCCCCCCCCC. The normalized spacial score (nSPS) is 15.6. The van der Waals surface area contributed by atoms with Crippen molar-refractivity contribution in [3.63, 3.8) is 0 Å². The predicted molar refractivity (Wildman–Crippen MR) is 297 cm³/mol. The van der Waals surface area contributed by atoms with Crippen molar-refractivity contribution in [3.8, 4) is 0 Å². The van der Waals surface area contributed by atoms with Crippen molar-refractivity contribution in [2.24, 2.45) is 0 Å². The van der Waals surface area contributed by atoms with E-state index in [0.717, 1.165) is 77.0 Å². The van der Waals surface area contributed by atoms with E-state index < -0.39 is 35.6 Å². The number of rotatable bonds is 57. The molecule has 0 radical (unpaired) electrons. The highest BCUT2D eigenvalue weighted by atomic mass is 16.4. The third-order valence-electron chi connectivity index (χ3n) is 16.0. The molecule has 0 bridgehead atoms.